The third-order valence-corrected chi connectivity index (χ3v) is 7.27. The molecule has 0 N–H and O–H groups in total. The Bertz CT molecular complexity index is 1320. The molecule has 3 aromatic rings. The number of benzene rings is 3. The highest BCUT2D eigenvalue weighted by Gasteiger charge is 2.36. The van der Waals surface area contributed by atoms with Gasteiger partial charge in [0.05, 0.1) is 38.2 Å². The molecule has 2 heterocycles. The van der Waals surface area contributed by atoms with Crippen LogP contribution in [0.1, 0.15) is 29.2 Å². The number of aryl methyl sites for hydroxylation is 1. The number of anilines is 1. The van der Waals surface area contributed by atoms with Gasteiger partial charge in [0.15, 0.2) is 0 Å². The maximum Gasteiger partial charge on any atom is 0.257 e. The van der Waals surface area contributed by atoms with Gasteiger partial charge >= 0.3 is 0 Å². The van der Waals surface area contributed by atoms with Crippen molar-refractivity contribution < 1.29 is 18.7 Å². The molecular formula is C30H33FN4O3. The zero-order chi connectivity index (χ0) is 26.6. The summed E-state index contributed by atoms with van der Waals surface area (Å²) >= 11 is 0. The van der Waals surface area contributed by atoms with Gasteiger partial charge < -0.3 is 14.4 Å². The standard InChI is InChI=1S/C30H33FN4O3/c1-21-8-10-22(11-9-21)26-19-28(24-18-23(37-2)12-13-29(24)38-3)35(32-26)30(36)20-33-14-16-34(17-15-33)27-7-5-4-6-25(27)31/h4-13,18,28H,14-17,19-20H2,1-3H3/t28-/m1/s1. The van der Waals surface area contributed by atoms with Gasteiger partial charge in [-0.25, -0.2) is 9.40 Å². The van der Waals surface area contributed by atoms with E-state index in [0.717, 1.165) is 16.8 Å². The van der Waals surface area contributed by atoms with Crippen LogP contribution in [0.25, 0.3) is 0 Å². The van der Waals surface area contributed by atoms with Gasteiger partial charge in [0, 0.05) is 38.2 Å². The van der Waals surface area contributed by atoms with E-state index in [9.17, 15) is 9.18 Å². The van der Waals surface area contributed by atoms with Crippen molar-refractivity contribution >= 4 is 17.3 Å². The van der Waals surface area contributed by atoms with E-state index < -0.39 is 0 Å². The molecule has 0 unspecified atom stereocenters. The van der Waals surface area contributed by atoms with Crippen LogP contribution >= 0.6 is 0 Å². The summed E-state index contributed by atoms with van der Waals surface area (Å²) in [6.45, 7) is 4.91. The minimum Gasteiger partial charge on any atom is -0.497 e. The molecule has 0 saturated carbocycles. The Hall–Kier alpha value is -3.91. The molecule has 1 fully saturated rings. The number of rotatable bonds is 7. The zero-order valence-electron chi connectivity index (χ0n) is 22.1. The topological polar surface area (TPSA) is 57.6 Å². The Kier molecular flexibility index (Phi) is 7.60. The summed E-state index contributed by atoms with van der Waals surface area (Å²) in [4.78, 5) is 17.9. The van der Waals surface area contributed by atoms with Crippen molar-refractivity contribution in [1.29, 1.82) is 0 Å². The maximum atomic E-state index is 14.3. The van der Waals surface area contributed by atoms with Crippen molar-refractivity contribution in [3.63, 3.8) is 0 Å². The van der Waals surface area contributed by atoms with Crippen LogP contribution < -0.4 is 14.4 Å². The average Bonchev–Trinajstić information content (AvgIpc) is 3.39. The molecule has 2 aliphatic rings. The molecule has 1 atom stereocenters. The number of ether oxygens (including phenoxy) is 2. The van der Waals surface area contributed by atoms with Crippen molar-refractivity contribution in [3.8, 4) is 11.5 Å². The molecule has 1 saturated heterocycles. The van der Waals surface area contributed by atoms with E-state index in [1.54, 1.807) is 31.4 Å². The van der Waals surface area contributed by atoms with Gasteiger partial charge in [-0.3, -0.25) is 9.69 Å². The second-order valence-electron chi connectivity index (χ2n) is 9.69. The Labute approximate surface area is 223 Å². The lowest BCUT2D eigenvalue weighted by atomic mass is 9.97. The summed E-state index contributed by atoms with van der Waals surface area (Å²) in [6.07, 6.45) is 0.569. The molecule has 5 rings (SSSR count). The molecule has 198 valence electrons. The van der Waals surface area contributed by atoms with Crippen LogP contribution in [0, 0.1) is 12.7 Å². The number of piperazine rings is 1. The Morgan fingerprint density at radius 3 is 2.39 bits per heavy atom. The first kappa shape index (κ1) is 25.7. The Balaban J connectivity index is 1.36. The van der Waals surface area contributed by atoms with E-state index in [-0.39, 0.29) is 24.3 Å². The lowest BCUT2D eigenvalue weighted by Gasteiger charge is -2.36. The highest BCUT2D eigenvalue weighted by Crippen LogP contribution is 2.39. The summed E-state index contributed by atoms with van der Waals surface area (Å²) in [5.74, 6) is 1.08. The third-order valence-electron chi connectivity index (χ3n) is 7.27. The number of para-hydroxylation sites is 1. The number of carbonyl (C=O) groups is 1. The SMILES string of the molecule is COc1ccc(OC)c([C@H]2CC(c3ccc(C)cc3)=NN2C(=O)CN2CCN(c3ccccc3F)CC2)c1. The molecule has 38 heavy (non-hydrogen) atoms. The fourth-order valence-corrected chi connectivity index (χ4v) is 5.12. The number of halogens is 1. The average molecular weight is 517 g/mol. The minimum atomic E-state index is -0.316. The molecule has 0 radical (unpaired) electrons. The lowest BCUT2D eigenvalue weighted by Crippen LogP contribution is -2.49. The summed E-state index contributed by atoms with van der Waals surface area (Å²) in [7, 11) is 3.25. The van der Waals surface area contributed by atoms with Crippen LogP contribution in [0.15, 0.2) is 71.8 Å². The number of nitrogens with zero attached hydrogens (tertiary/aromatic N) is 4. The van der Waals surface area contributed by atoms with Crippen LogP contribution in [0.5, 0.6) is 11.5 Å². The van der Waals surface area contributed by atoms with Crippen molar-refractivity contribution in [3.05, 3.63) is 89.2 Å². The van der Waals surface area contributed by atoms with E-state index in [1.807, 2.05) is 48.2 Å². The molecule has 0 bridgehead atoms. The lowest BCUT2D eigenvalue weighted by molar-refractivity contribution is -0.134. The van der Waals surface area contributed by atoms with E-state index in [1.165, 1.54) is 11.6 Å². The number of carbonyl (C=O) groups excluding carboxylic acids is 1. The molecule has 0 aliphatic carbocycles. The first-order valence-corrected chi connectivity index (χ1v) is 12.9. The number of methoxy groups -OCH3 is 2. The van der Waals surface area contributed by atoms with Gasteiger partial charge in [0.1, 0.15) is 17.3 Å². The van der Waals surface area contributed by atoms with Crippen LogP contribution in [0.4, 0.5) is 10.1 Å². The fourth-order valence-electron chi connectivity index (χ4n) is 5.12. The highest BCUT2D eigenvalue weighted by atomic mass is 19.1. The molecule has 3 aromatic carbocycles. The normalized spacial score (nSPS) is 17.9. The summed E-state index contributed by atoms with van der Waals surface area (Å²) in [5, 5.41) is 6.44. The fraction of sp³-hybridized carbons (Fsp3) is 0.333. The van der Waals surface area contributed by atoms with E-state index in [4.69, 9.17) is 14.6 Å². The largest absolute Gasteiger partial charge is 0.497 e. The first-order chi connectivity index (χ1) is 18.5. The predicted octanol–water partition coefficient (Wildman–Crippen LogP) is 4.65. The van der Waals surface area contributed by atoms with E-state index in [2.05, 4.69) is 17.0 Å². The third kappa shape index (κ3) is 5.36. The van der Waals surface area contributed by atoms with Gasteiger partial charge in [-0.2, -0.15) is 5.10 Å². The maximum absolute atomic E-state index is 14.3. The van der Waals surface area contributed by atoms with Crippen LogP contribution in [-0.4, -0.2) is 68.5 Å². The van der Waals surface area contributed by atoms with E-state index >= 15 is 0 Å². The number of hydrazone groups is 1. The Morgan fingerprint density at radius 1 is 0.974 bits per heavy atom. The van der Waals surface area contributed by atoms with Gasteiger partial charge in [-0.15, -0.1) is 0 Å². The van der Waals surface area contributed by atoms with Crippen molar-refractivity contribution in [2.24, 2.45) is 5.10 Å². The quantitative estimate of drug-likeness (QED) is 0.458. The van der Waals surface area contributed by atoms with E-state index in [0.29, 0.717) is 49.8 Å². The zero-order valence-corrected chi connectivity index (χ0v) is 22.1. The second-order valence-corrected chi connectivity index (χ2v) is 9.69. The van der Waals surface area contributed by atoms with Crippen molar-refractivity contribution in [2.75, 3.05) is 51.8 Å². The second kappa shape index (κ2) is 11.2. The first-order valence-electron chi connectivity index (χ1n) is 12.9. The number of hydrogen-bond acceptors (Lipinski definition) is 6. The molecule has 7 nitrogen and oxygen atoms in total. The summed E-state index contributed by atoms with van der Waals surface area (Å²) < 4.78 is 25.4. The predicted molar refractivity (Wildman–Crippen MR) is 147 cm³/mol. The summed E-state index contributed by atoms with van der Waals surface area (Å²) in [6, 6.07) is 20.3. The molecule has 8 heteroatoms. The van der Waals surface area contributed by atoms with Crippen LogP contribution in [0.3, 0.4) is 0 Å². The molecule has 0 aromatic heterocycles. The van der Waals surface area contributed by atoms with Gasteiger partial charge in [-0.1, -0.05) is 42.0 Å². The Morgan fingerprint density at radius 2 is 1.71 bits per heavy atom. The molecular weight excluding hydrogens is 483 g/mol. The highest BCUT2D eigenvalue weighted by molar-refractivity contribution is 6.03. The van der Waals surface area contributed by atoms with Gasteiger partial charge in [0.2, 0.25) is 0 Å². The summed E-state index contributed by atoms with van der Waals surface area (Å²) in [5.41, 5.74) is 4.49. The van der Waals surface area contributed by atoms with Crippen LogP contribution in [0.2, 0.25) is 0 Å². The molecule has 0 spiro atoms. The van der Waals surface area contributed by atoms with Crippen LogP contribution in [-0.2, 0) is 4.79 Å². The number of amides is 1. The smallest absolute Gasteiger partial charge is 0.257 e. The van der Waals surface area contributed by atoms with Crippen molar-refractivity contribution in [2.45, 2.75) is 19.4 Å². The number of hydrogen-bond donors (Lipinski definition) is 0. The van der Waals surface area contributed by atoms with Gasteiger partial charge in [-0.05, 0) is 42.8 Å². The molecule has 2 aliphatic heterocycles. The van der Waals surface area contributed by atoms with Crippen molar-refractivity contribution in [1.82, 2.24) is 9.91 Å². The monoisotopic (exact) mass is 516 g/mol. The molecule has 1 amide bonds. The van der Waals surface area contributed by atoms with Gasteiger partial charge in [0.25, 0.3) is 5.91 Å². The minimum absolute atomic E-state index is 0.0821.